The molecule has 3 saturated carbocycles. The number of carbonyl (C=O) groups is 2. The van der Waals surface area contributed by atoms with Crippen LogP contribution in [0.25, 0.3) is 0 Å². The zero-order valence-corrected chi connectivity index (χ0v) is 21.5. The van der Waals surface area contributed by atoms with E-state index in [1.165, 1.54) is 12.8 Å². The maximum atomic E-state index is 13.0. The zero-order valence-electron chi connectivity index (χ0n) is 21.5. The van der Waals surface area contributed by atoms with Crippen LogP contribution in [0.15, 0.2) is 0 Å². The van der Waals surface area contributed by atoms with Gasteiger partial charge in [0.25, 0.3) is 0 Å². The SMILES string of the molecule is CC(C)[C@H]1CC[C@@H](C)C[C@H]1OC(=O)C1CCC(C(=O)O[C@@H]2C[C@H](C)CC[C@H]2C(C)C)CC1. The van der Waals surface area contributed by atoms with Gasteiger partial charge in [0.15, 0.2) is 0 Å². The Morgan fingerprint density at radius 2 is 0.938 bits per heavy atom. The molecule has 4 nitrogen and oxygen atoms in total. The van der Waals surface area contributed by atoms with Gasteiger partial charge in [0, 0.05) is 0 Å². The summed E-state index contributed by atoms with van der Waals surface area (Å²) in [7, 11) is 0. The lowest BCUT2D eigenvalue weighted by molar-refractivity contribution is -0.167. The van der Waals surface area contributed by atoms with E-state index in [-0.39, 0.29) is 36.0 Å². The van der Waals surface area contributed by atoms with Crippen LogP contribution in [0, 0.1) is 47.3 Å². The van der Waals surface area contributed by atoms with Crippen molar-refractivity contribution in [3.63, 3.8) is 0 Å². The lowest BCUT2D eigenvalue weighted by Crippen LogP contribution is -2.39. The fourth-order valence-corrected chi connectivity index (χ4v) is 6.56. The topological polar surface area (TPSA) is 52.6 Å². The lowest BCUT2D eigenvalue weighted by Gasteiger charge is -2.38. The molecule has 3 aliphatic carbocycles. The summed E-state index contributed by atoms with van der Waals surface area (Å²) in [6.07, 6.45) is 9.92. The molecule has 3 rings (SSSR count). The van der Waals surface area contributed by atoms with Crippen molar-refractivity contribution in [2.45, 2.75) is 118 Å². The van der Waals surface area contributed by atoms with Gasteiger partial charge in [0.2, 0.25) is 0 Å². The quantitative estimate of drug-likeness (QED) is 0.419. The first-order valence-electron chi connectivity index (χ1n) is 13.6. The molecular formula is C28H48O4. The van der Waals surface area contributed by atoms with Crippen molar-refractivity contribution >= 4 is 11.9 Å². The Balaban J connectivity index is 1.48. The Bertz CT molecular complexity index is 565. The molecule has 0 aromatic carbocycles. The van der Waals surface area contributed by atoms with E-state index in [2.05, 4.69) is 41.5 Å². The molecule has 32 heavy (non-hydrogen) atoms. The Labute approximate surface area is 196 Å². The van der Waals surface area contributed by atoms with Crippen LogP contribution in [-0.2, 0) is 19.1 Å². The van der Waals surface area contributed by atoms with Gasteiger partial charge in [0.05, 0.1) is 11.8 Å². The number of rotatable bonds is 6. The number of carbonyl (C=O) groups excluding carboxylic acids is 2. The maximum Gasteiger partial charge on any atom is 0.309 e. The highest BCUT2D eigenvalue weighted by Crippen LogP contribution is 2.39. The van der Waals surface area contributed by atoms with Crippen LogP contribution in [0.2, 0.25) is 0 Å². The van der Waals surface area contributed by atoms with Crippen molar-refractivity contribution in [2.24, 2.45) is 47.3 Å². The van der Waals surface area contributed by atoms with E-state index in [0.29, 0.717) is 35.5 Å². The van der Waals surface area contributed by atoms with Crippen LogP contribution < -0.4 is 0 Å². The minimum Gasteiger partial charge on any atom is -0.462 e. The van der Waals surface area contributed by atoms with Gasteiger partial charge < -0.3 is 9.47 Å². The highest BCUT2D eigenvalue weighted by atomic mass is 16.5. The molecule has 0 heterocycles. The summed E-state index contributed by atoms with van der Waals surface area (Å²) in [6, 6.07) is 0. The molecule has 0 spiro atoms. The average Bonchev–Trinajstić information content (AvgIpc) is 2.73. The summed E-state index contributed by atoms with van der Waals surface area (Å²) in [5, 5.41) is 0. The number of ether oxygens (including phenoxy) is 2. The molecule has 3 aliphatic rings. The molecule has 0 N–H and O–H groups in total. The molecule has 0 aromatic heterocycles. The van der Waals surface area contributed by atoms with E-state index < -0.39 is 0 Å². The van der Waals surface area contributed by atoms with E-state index in [1.807, 2.05) is 0 Å². The van der Waals surface area contributed by atoms with E-state index in [4.69, 9.17) is 9.47 Å². The summed E-state index contributed by atoms with van der Waals surface area (Å²) in [5.74, 6) is 3.15. The molecule has 184 valence electrons. The summed E-state index contributed by atoms with van der Waals surface area (Å²) >= 11 is 0. The monoisotopic (exact) mass is 448 g/mol. The van der Waals surface area contributed by atoms with E-state index >= 15 is 0 Å². The number of hydrogen-bond acceptors (Lipinski definition) is 4. The van der Waals surface area contributed by atoms with Crippen LogP contribution >= 0.6 is 0 Å². The highest BCUT2D eigenvalue weighted by molar-refractivity contribution is 5.75. The molecule has 0 radical (unpaired) electrons. The van der Waals surface area contributed by atoms with Crippen LogP contribution in [0.1, 0.15) is 106 Å². The van der Waals surface area contributed by atoms with Gasteiger partial charge in [-0.3, -0.25) is 9.59 Å². The van der Waals surface area contributed by atoms with Crippen LogP contribution in [0.5, 0.6) is 0 Å². The molecule has 0 unspecified atom stereocenters. The second-order valence-corrected chi connectivity index (χ2v) is 12.2. The summed E-state index contributed by atoms with van der Waals surface area (Å²) in [4.78, 5) is 25.9. The molecule has 4 heteroatoms. The van der Waals surface area contributed by atoms with Crippen LogP contribution in [0.4, 0.5) is 0 Å². The lowest BCUT2D eigenvalue weighted by atomic mass is 9.75. The highest BCUT2D eigenvalue weighted by Gasteiger charge is 2.39. The Kier molecular flexibility index (Phi) is 9.09. The minimum atomic E-state index is -0.0535. The first-order chi connectivity index (χ1) is 15.2. The first kappa shape index (κ1) is 25.6. The molecule has 0 aromatic rings. The fraction of sp³-hybridized carbons (Fsp3) is 0.929. The Morgan fingerprint density at radius 3 is 1.25 bits per heavy atom. The molecule has 0 bridgehead atoms. The van der Waals surface area contributed by atoms with Crippen molar-refractivity contribution in [1.29, 1.82) is 0 Å². The van der Waals surface area contributed by atoms with Gasteiger partial charge in [-0.25, -0.2) is 0 Å². The fourth-order valence-electron chi connectivity index (χ4n) is 6.56. The van der Waals surface area contributed by atoms with Crippen molar-refractivity contribution in [1.82, 2.24) is 0 Å². The molecule has 6 atom stereocenters. The van der Waals surface area contributed by atoms with Gasteiger partial charge in [-0.15, -0.1) is 0 Å². The molecule has 0 amide bonds. The third-order valence-electron chi connectivity index (χ3n) is 8.85. The molecule has 0 saturated heterocycles. The number of hydrogen-bond donors (Lipinski definition) is 0. The van der Waals surface area contributed by atoms with E-state index in [0.717, 1.165) is 51.4 Å². The molecular weight excluding hydrogens is 400 g/mol. The predicted octanol–water partition coefficient (Wildman–Crippen LogP) is 6.80. The minimum absolute atomic E-state index is 0.0254. The third kappa shape index (κ3) is 6.50. The number of esters is 2. The van der Waals surface area contributed by atoms with E-state index in [1.54, 1.807) is 0 Å². The molecule has 0 aliphatic heterocycles. The van der Waals surface area contributed by atoms with Gasteiger partial charge in [-0.1, -0.05) is 54.4 Å². The second kappa shape index (κ2) is 11.4. The summed E-state index contributed by atoms with van der Waals surface area (Å²) in [5.41, 5.74) is 0. The summed E-state index contributed by atoms with van der Waals surface area (Å²) < 4.78 is 12.2. The average molecular weight is 449 g/mol. The third-order valence-corrected chi connectivity index (χ3v) is 8.85. The van der Waals surface area contributed by atoms with Crippen molar-refractivity contribution in [3.8, 4) is 0 Å². The zero-order chi connectivity index (χ0) is 23.4. The smallest absolute Gasteiger partial charge is 0.309 e. The van der Waals surface area contributed by atoms with Gasteiger partial charge >= 0.3 is 11.9 Å². The normalized spacial score (nSPS) is 38.5. The Hall–Kier alpha value is -1.06. The largest absolute Gasteiger partial charge is 0.462 e. The summed E-state index contributed by atoms with van der Waals surface area (Å²) in [6.45, 7) is 13.5. The van der Waals surface area contributed by atoms with Gasteiger partial charge in [-0.05, 0) is 86.9 Å². The van der Waals surface area contributed by atoms with Crippen molar-refractivity contribution in [2.75, 3.05) is 0 Å². The van der Waals surface area contributed by atoms with Crippen molar-refractivity contribution in [3.05, 3.63) is 0 Å². The van der Waals surface area contributed by atoms with Gasteiger partial charge in [-0.2, -0.15) is 0 Å². The second-order valence-electron chi connectivity index (χ2n) is 12.2. The van der Waals surface area contributed by atoms with Gasteiger partial charge in [0.1, 0.15) is 12.2 Å². The Morgan fingerprint density at radius 1 is 0.594 bits per heavy atom. The van der Waals surface area contributed by atoms with Crippen LogP contribution in [-0.4, -0.2) is 24.1 Å². The standard InChI is InChI=1S/C28H48O4/c1-17(2)23-13-7-19(5)15-25(23)31-27(29)21-9-11-22(12-10-21)28(30)32-26-16-20(6)8-14-24(26)18(3)4/h17-26H,7-16H2,1-6H3/t19-,20-,21?,22?,23-,24+,25-,26-/m1/s1. The maximum absolute atomic E-state index is 13.0. The predicted molar refractivity (Wildman–Crippen MR) is 128 cm³/mol. The first-order valence-corrected chi connectivity index (χ1v) is 13.6. The molecule has 3 fully saturated rings. The van der Waals surface area contributed by atoms with Crippen LogP contribution in [0.3, 0.4) is 0 Å². The van der Waals surface area contributed by atoms with Crippen molar-refractivity contribution < 1.29 is 19.1 Å². The van der Waals surface area contributed by atoms with E-state index in [9.17, 15) is 9.59 Å².